The molecule has 0 aromatic rings. The summed E-state index contributed by atoms with van der Waals surface area (Å²) >= 11 is 0. The summed E-state index contributed by atoms with van der Waals surface area (Å²) in [4.78, 5) is 16.1. The van der Waals surface area contributed by atoms with E-state index in [1.807, 2.05) is 27.7 Å². The third-order valence-corrected chi connectivity index (χ3v) is 3.91. The number of hydrogen-bond donors (Lipinski definition) is 3. The van der Waals surface area contributed by atoms with E-state index < -0.39 is 11.7 Å². The second-order valence-corrected chi connectivity index (χ2v) is 7.60. The van der Waals surface area contributed by atoms with Crippen molar-refractivity contribution in [3.05, 3.63) is 0 Å². The molecule has 0 aromatic carbocycles. The first-order valence-corrected chi connectivity index (χ1v) is 10.0. The highest BCUT2D eigenvalue weighted by atomic mass is 16.6. The molecule has 1 fully saturated rings. The standard InChI is InChI=1S/C19H38N4O3/c1-5-20-17(22-13-14-23-18(24)26-19(2,3)4)21-12-9-15-25-16-10-7-6-8-11-16/h16H,5-15H2,1-4H3,(H,23,24)(H2,20,21,22). The van der Waals surface area contributed by atoms with Crippen LogP contribution in [0.5, 0.6) is 0 Å². The zero-order valence-corrected chi connectivity index (χ0v) is 17.0. The molecule has 0 unspecified atom stereocenters. The topological polar surface area (TPSA) is 84.0 Å². The largest absolute Gasteiger partial charge is 0.444 e. The number of carbonyl (C=O) groups excluding carboxylic acids is 1. The lowest BCUT2D eigenvalue weighted by Gasteiger charge is -2.21. The molecular weight excluding hydrogens is 332 g/mol. The number of nitrogens with one attached hydrogen (secondary N) is 3. The first-order valence-electron chi connectivity index (χ1n) is 10.0. The van der Waals surface area contributed by atoms with Crippen molar-refractivity contribution in [3.63, 3.8) is 0 Å². The van der Waals surface area contributed by atoms with Gasteiger partial charge in [0, 0.05) is 32.8 Å². The van der Waals surface area contributed by atoms with E-state index in [1.165, 1.54) is 32.1 Å². The van der Waals surface area contributed by atoms with E-state index in [0.29, 0.717) is 19.2 Å². The molecule has 1 amide bonds. The quantitative estimate of drug-likeness (QED) is 0.330. The SMILES string of the molecule is CCNC(=NCCCOC1CCCCC1)NCCNC(=O)OC(C)(C)C. The molecule has 0 spiro atoms. The van der Waals surface area contributed by atoms with Gasteiger partial charge in [0.2, 0.25) is 0 Å². The van der Waals surface area contributed by atoms with Crippen LogP contribution in [0.1, 0.15) is 66.2 Å². The smallest absolute Gasteiger partial charge is 0.407 e. The molecule has 0 heterocycles. The second-order valence-electron chi connectivity index (χ2n) is 7.60. The molecule has 7 nitrogen and oxygen atoms in total. The Balaban J connectivity index is 2.14. The van der Waals surface area contributed by atoms with Crippen LogP contribution in [0, 0.1) is 0 Å². The number of guanidine groups is 1. The molecule has 152 valence electrons. The van der Waals surface area contributed by atoms with Gasteiger partial charge < -0.3 is 25.4 Å². The Morgan fingerprint density at radius 2 is 1.77 bits per heavy atom. The number of aliphatic imine (C=N–C) groups is 1. The van der Waals surface area contributed by atoms with Gasteiger partial charge in [0.05, 0.1) is 6.10 Å². The van der Waals surface area contributed by atoms with E-state index >= 15 is 0 Å². The maximum atomic E-state index is 11.6. The number of rotatable bonds is 9. The first kappa shape index (κ1) is 22.5. The van der Waals surface area contributed by atoms with Gasteiger partial charge in [-0.15, -0.1) is 0 Å². The lowest BCUT2D eigenvalue weighted by atomic mass is 9.98. The van der Waals surface area contributed by atoms with Crippen molar-refractivity contribution in [1.82, 2.24) is 16.0 Å². The minimum absolute atomic E-state index is 0.402. The van der Waals surface area contributed by atoms with E-state index in [2.05, 4.69) is 20.9 Å². The fourth-order valence-corrected chi connectivity index (χ4v) is 2.74. The van der Waals surface area contributed by atoms with Crippen molar-refractivity contribution in [3.8, 4) is 0 Å². The molecule has 0 aromatic heterocycles. The summed E-state index contributed by atoms with van der Waals surface area (Å²) in [7, 11) is 0. The van der Waals surface area contributed by atoms with E-state index in [1.54, 1.807) is 0 Å². The molecule has 26 heavy (non-hydrogen) atoms. The minimum Gasteiger partial charge on any atom is -0.444 e. The van der Waals surface area contributed by atoms with Gasteiger partial charge in [0.1, 0.15) is 5.60 Å². The van der Waals surface area contributed by atoms with Crippen LogP contribution in [-0.4, -0.2) is 56.5 Å². The molecule has 0 aliphatic heterocycles. The average molecular weight is 371 g/mol. The lowest BCUT2D eigenvalue weighted by Crippen LogP contribution is -2.42. The normalized spacial score (nSPS) is 16.2. The van der Waals surface area contributed by atoms with E-state index in [9.17, 15) is 4.79 Å². The summed E-state index contributed by atoms with van der Waals surface area (Å²) in [6.45, 7) is 10.9. The number of ether oxygens (including phenoxy) is 2. The van der Waals surface area contributed by atoms with Gasteiger partial charge in [-0.1, -0.05) is 19.3 Å². The van der Waals surface area contributed by atoms with Gasteiger partial charge >= 0.3 is 6.09 Å². The Morgan fingerprint density at radius 3 is 2.42 bits per heavy atom. The zero-order chi connectivity index (χ0) is 19.3. The first-order chi connectivity index (χ1) is 12.4. The van der Waals surface area contributed by atoms with E-state index in [4.69, 9.17) is 9.47 Å². The molecule has 1 aliphatic rings. The molecule has 7 heteroatoms. The van der Waals surface area contributed by atoms with Gasteiger partial charge in [0.25, 0.3) is 0 Å². The highest BCUT2D eigenvalue weighted by molar-refractivity contribution is 5.79. The highest BCUT2D eigenvalue weighted by Crippen LogP contribution is 2.20. The number of hydrogen-bond acceptors (Lipinski definition) is 4. The fraction of sp³-hybridized carbons (Fsp3) is 0.895. The third kappa shape index (κ3) is 12.0. The summed E-state index contributed by atoms with van der Waals surface area (Å²) in [5, 5.41) is 9.13. The number of nitrogens with zero attached hydrogens (tertiary/aromatic N) is 1. The molecule has 0 radical (unpaired) electrons. The molecular formula is C19H38N4O3. The average Bonchev–Trinajstić information content (AvgIpc) is 2.57. The van der Waals surface area contributed by atoms with Crippen molar-refractivity contribution in [2.24, 2.45) is 4.99 Å². The van der Waals surface area contributed by atoms with Crippen molar-refractivity contribution in [1.29, 1.82) is 0 Å². The molecule has 1 rings (SSSR count). The Morgan fingerprint density at radius 1 is 1.08 bits per heavy atom. The summed E-state index contributed by atoms with van der Waals surface area (Å²) in [5.41, 5.74) is -0.479. The van der Waals surface area contributed by atoms with Crippen molar-refractivity contribution >= 4 is 12.1 Å². The molecule has 0 atom stereocenters. The van der Waals surface area contributed by atoms with Crippen LogP contribution in [0.15, 0.2) is 4.99 Å². The van der Waals surface area contributed by atoms with Crippen molar-refractivity contribution < 1.29 is 14.3 Å². The molecule has 0 bridgehead atoms. The molecule has 3 N–H and O–H groups in total. The minimum atomic E-state index is -0.479. The maximum Gasteiger partial charge on any atom is 0.407 e. The van der Waals surface area contributed by atoms with Crippen molar-refractivity contribution in [2.75, 3.05) is 32.8 Å². The zero-order valence-electron chi connectivity index (χ0n) is 17.0. The van der Waals surface area contributed by atoms with Crippen LogP contribution in [0.25, 0.3) is 0 Å². The van der Waals surface area contributed by atoms with Crippen LogP contribution < -0.4 is 16.0 Å². The lowest BCUT2D eigenvalue weighted by molar-refractivity contribution is 0.0281. The van der Waals surface area contributed by atoms with Crippen LogP contribution in [-0.2, 0) is 9.47 Å². The van der Waals surface area contributed by atoms with Gasteiger partial charge in [0.15, 0.2) is 5.96 Å². The van der Waals surface area contributed by atoms with E-state index in [0.717, 1.165) is 32.1 Å². The van der Waals surface area contributed by atoms with Crippen LogP contribution in [0.3, 0.4) is 0 Å². The third-order valence-electron chi connectivity index (χ3n) is 3.91. The van der Waals surface area contributed by atoms with Crippen molar-refractivity contribution in [2.45, 2.75) is 77.9 Å². The second kappa shape index (κ2) is 12.8. The monoisotopic (exact) mass is 370 g/mol. The highest BCUT2D eigenvalue weighted by Gasteiger charge is 2.15. The molecule has 1 saturated carbocycles. The Kier molecular flexibility index (Phi) is 11.1. The van der Waals surface area contributed by atoms with Gasteiger partial charge in [-0.05, 0) is 47.0 Å². The summed E-state index contributed by atoms with van der Waals surface area (Å²) in [6, 6.07) is 0. The Labute approximate surface area is 158 Å². The van der Waals surface area contributed by atoms with Gasteiger partial charge in [-0.2, -0.15) is 0 Å². The van der Waals surface area contributed by atoms with Crippen LogP contribution >= 0.6 is 0 Å². The predicted octanol–water partition coefficient (Wildman–Crippen LogP) is 2.81. The summed E-state index contributed by atoms with van der Waals surface area (Å²) in [5.74, 6) is 0.760. The Bertz CT molecular complexity index is 415. The number of carbonyl (C=O) groups is 1. The molecule has 1 aliphatic carbocycles. The Hall–Kier alpha value is -1.50. The summed E-state index contributed by atoms with van der Waals surface area (Å²) < 4.78 is 11.1. The summed E-state index contributed by atoms with van der Waals surface area (Å²) in [6.07, 6.45) is 7.34. The van der Waals surface area contributed by atoms with Gasteiger partial charge in [-0.3, -0.25) is 4.99 Å². The van der Waals surface area contributed by atoms with E-state index in [-0.39, 0.29) is 0 Å². The van der Waals surface area contributed by atoms with Crippen LogP contribution in [0.4, 0.5) is 4.79 Å². The number of alkyl carbamates (subject to hydrolysis) is 1. The van der Waals surface area contributed by atoms with Gasteiger partial charge in [-0.25, -0.2) is 4.79 Å². The van der Waals surface area contributed by atoms with Crippen LogP contribution in [0.2, 0.25) is 0 Å². The predicted molar refractivity (Wildman–Crippen MR) is 106 cm³/mol. The molecule has 0 saturated heterocycles. The fourth-order valence-electron chi connectivity index (χ4n) is 2.74. The maximum absolute atomic E-state index is 11.6. The number of amides is 1.